The van der Waals surface area contributed by atoms with Crippen molar-refractivity contribution in [2.24, 2.45) is 0 Å². The van der Waals surface area contributed by atoms with Gasteiger partial charge in [-0.3, -0.25) is 0 Å². The molecule has 0 saturated carbocycles. The van der Waals surface area contributed by atoms with Gasteiger partial charge < -0.3 is 29.2 Å². The number of fused-ring (bicyclic) bond motifs is 1. The van der Waals surface area contributed by atoms with Gasteiger partial charge in [0.05, 0.1) is 39.6 Å². The molecule has 38 heavy (non-hydrogen) atoms. The molecular formula is C32H36N2O4. The van der Waals surface area contributed by atoms with Crippen LogP contribution in [0.3, 0.4) is 0 Å². The highest BCUT2D eigenvalue weighted by Crippen LogP contribution is 2.23. The molecule has 0 aliphatic carbocycles. The van der Waals surface area contributed by atoms with E-state index in [2.05, 4.69) is 76.9 Å². The third kappa shape index (κ3) is 6.84. The molecule has 0 bridgehead atoms. The van der Waals surface area contributed by atoms with Gasteiger partial charge in [-0.05, 0) is 46.7 Å². The summed E-state index contributed by atoms with van der Waals surface area (Å²) in [6, 6.07) is 31.5. The SMILES string of the molecule is COc1ccccc1COCCOCc1ccc(N2CCNCC2COc2ccc3ccccc3c2)cc1. The smallest absolute Gasteiger partial charge is 0.124 e. The summed E-state index contributed by atoms with van der Waals surface area (Å²) < 4.78 is 23.2. The Kier molecular flexibility index (Phi) is 9.11. The second-order valence-corrected chi connectivity index (χ2v) is 9.45. The Morgan fingerprint density at radius 2 is 1.58 bits per heavy atom. The van der Waals surface area contributed by atoms with Gasteiger partial charge >= 0.3 is 0 Å². The number of nitrogens with one attached hydrogen (secondary N) is 1. The Bertz CT molecular complexity index is 1290. The Labute approximate surface area is 225 Å². The van der Waals surface area contributed by atoms with Crippen LogP contribution in [0.25, 0.3) is 10.8 Å². The predicted molar refractivity (Wildman–Crippen MR) is 152 cm³/mol. The van der Waals surface area contributed by atoms with Gasteiger partial charge in [-0.15, -0.1) is 0 Å². The van der Waals surface area contributed by atoms with Crippen molar-refractivity contribution < 1.29 is 18.9 Å². The van der Waals surface area contributed by atoms with Crippen molar-refractivity contribution in [2.75, 3.05) is 51.5 Å². The van der Waals surface area contributed by atoms with E-state index in [-0.39, 0.29) is 6.04 Å². The molecule has 0 radical (unpaired) electrons. The number of methoxy groups -OCH3 is 1. The molecule has 1 heterocycles. The van der Waals surface area contributed by atoms with Crippen molar-refractivity contribution in [2.45, 2.75) is 19.3 Å². The number of piperazine rings is 1. The van der Waals surface area contributed by atoms with Crippen molar-refractivity contribution in [1.29, 1.82) is 0 Å². The number of para-hydroxylation sites is 1. The molecule has 1 fully saturated rings. The average molecular weight is 513 g/mol. The fourth-order valence-corrected chi connectivity index (χ4v) is 4.80. The van der Waals surface area contributed by atoms with Crippen LogP contribution in [0.5, 0.6) is 11.5 Å². The first-order chi connectivity index (χ1) is 18.8. The number of nitrogens with zero attached hydrogens (tertiary/aromatic N) is 1. The zero-order valence-corrected chi connectivity index (χ0v) is 22.0. The zero-order valence-electron chi connectivity index (χ0n) is 22.0. The van der Waals surface area contributed by atoms with Crippen molar-refractivity contribution >= 4 is 16.5 Å². The van der Waals surface area contributed by atoms with E-state index < -0.39 is 0 Å². The quantitative estimate of drug-likeness (QED) is 0.255. The fraction of sp³-hybridized carbons (Fsp3) is 0.312. The van der Waals surface area contributed by atoms with Crippen LogP contribution in [0.1, 0.15) is 11.1 Å². The highest BCUT2D eigenvalue weighted by molar-refractivity contribution is 5.83. The van der Waals surface area contributed by atoms with Crippen LogP contribution in [0.2, 0.25) is 0 Å². The fourth-order valence-electron chi connectivity index (χ4n) is 4.80. The molecule has 1 N–H and O–H groups in total. The second-order valence-electron chi connectivity index (χ2n) is 9.45. The zero-order chi connectivity index (χ0) is 26.0. The van der Waals surface area contributed by atoms with Gasteiger partial charge in [0.1, 0.15) is 18.1 Å². The molecule has 6 heteroatoms. The molecular weight excluding hydrogens is 476 g/mol. The van der Waals surface area contributed by atoms with Crippen molar-refractivity contribution in [1.82, 2.24) is 5.32 Å². The molecule has 1 atom stereocenters. The molecule has 0 amide bonds. The Hall–Kier alpha value is -3.58. The summed E-state index contributed by atoms with van der Waals surface area (Å²) in [4.78, 5) is 2.44. The molecule has 6 nitrogen and oxygen atoms in total. The van der Waals surface area contributed by atoms with E-state index in [0.29, 0.717) is 33.0 Å². The lowest BCUT2D eigenvalue weighted by molar-refractivity contribution is 0.0333. The maximum absolute atomic E-state index is 6.23. The topological polar surface area (TPSA) is 52.2 Å². The minimum Gasteiger partial charge on any atom is -0.496 e. The minimum absolute atomic E-state index is 0.262. The maximum Gasteiger partial charge on any atom is 0.124 e. The lowest BCUT2D eigenvalue weighted by Crippen LogP contribution is -2.54. The van der Waals surface area contributed by atoms with E-state index in [0.717, 1.165) is 42.3 Å². The summed E-state index contributed by atoms with van der Waals surface area (Å²) in [6.45, 7) is 5.60. The largest absolute Gasteiger partial charge is 0.496 e. The number of hydrogen-bond acceptors (Lipinski definition) is 6. The molecule has 4 aromatic carbocycles. The number of anilines is 1. The van der Waals surface area contributed by atoms with Gasteiger partial charge in [-0.2, -0.15) is 0 Å². The summed E-state index contributed by atoms with van der Waals surface area (Å²) in [7, 11) is 1.68. The van der Waals surface area contributed by atoms with Crippen LogP contribution in [-0.4, -0.2) is 52.6 Å². The number of hydrogen-bond donors (Lipinski definition) is 1. The van der Waals surface area contributed by atoms with Gasteiger partial charge in [0, 0.05) is 30.9 Å². The Balaban J connectivity index is 1.08. The van der Waals surface area contributed by atoms with Gasteiger partial charge in [-0.25, -0.2) is 0 Å². The van der Waals surface area contributed by atoms with E-state index in [1.54, 1.807) is 7.11 Å². The van der Waals surface area contributed by atoms with E-state index in [9.17, 15) is 0 Å². The number of rotatable bonds is 12. The predicted octanol–water partition coefficient (Wildman–Crippen LogP) is 5.44. The van der Waals surface area contributed by atoms with Gasteiger partial charge in [-0.1, -0.05) is 60.7 Å². The minimum atomic E-state index is 0.262. The lowest BCUT2D eigenvalue weighted by Gasteiger charge is -2.37. The summed E-state index contributed by atoms with van der Waals surface area (Å²) in [5, 5.41) is 5.94. The van der Waals surface area contributed by atoms with Crippen molar-refractivity contribution in [3.8, 4) is 11.5 Å². The van der Waals surface area contributed by atoms with Gasteiger partial charge in [0.2, 0.25) is 0 Å². The average Bonchev–Trinajstić information content (AvgIpc) is 2.98. The molecule has 1 aliphatic rings. The monoisotopic (exact) mass is 512 g/mol. The second kappa shape index (κ2) is 13.3. The Morgan fingerprint density at radius 3 is 2.42 bits per heavy atom. The molecule has 0 aromatic heterocycles. The van der Waals surface area contributed by atoms with E-state index in [4.69, 9.17) is 18.9 Å². The van der Waals surface area contributed by atoms with E-state index >= 15 is 0 Å². The standard InChI is InChI=1S/C32H36N2O4/c1-35-32-9-5-4-8-28(32)23-37-19-18-36-22-25-10-13-29(14-11-25)34-17-16-33-21-30(34)24-38-31-15-12-26-6-2-3-7-27(26)20-31/h2-15,20,30,33H,16-19,21-24H2,1H3. The van der Waals surface area contributed by atoms with Crippen LogP contribution >= 0.6 is 0 Å². The molecule has 198 valence electrons. The molecule has 5 rings (SSSR count). The van der Waals surface area contributed by atoms with Gasteiger partial charge in [0.15, 0.2) is 0 Å². The third-order valence-electron chi connectivity index (χ3n) is 6.87. The molecule has 0 spiro atoms. The van der Waals surface area contributed by atoms with Crippen molar-refractivity contribution in [3.63, 3.8) is 0 Å². The summed E-state index contributed by atoms with van der Waals surface area (Å²) in [6.07, 6.45) is 0. The van der Waals surface area contributed by atoms with Crippen LogP contribution in [0, 0.1) is 0 Å². The molecule has 1 saturated heterocycles. The number of benzene rings is 4. The van der Waals surface area contributed by atoms with Crippen LogP contribution in [0.15, 0.2) is 91.0 Å². The molecule has 4 aromatic rings. The highest BCUT2D eigenvalue weighted by Gasteiger charge is 2.23. The van der Waals surface area contributed by atoms with Crippen LogP contribution < -0.4 is 19.7 Å². The maximum atomic E-state index is 6.23. The van der Waals surface area contributed by atoms with Crippen molar-refractivity contribution in [3.05, 3.63) is 102 Å². The number of ether oxygens (including phenoxy) is 4. The first-order valence-corrected chi connectivity index (χ1v) is 13.3. The van der Waals surface area contributed by atoms with Crippen LogP contribution in [0.4, 0.5) is 5.69 Å². The molecule has 1 unspecified atom stereocenters. The lowest BCUT2D eigenvalue weighted by atomic mass is 10.1. The highest BCUT2D eigenvalue weighted by atomic mass is 16.5. The van der Waals surface area contributed by atoms with E-state index in [1.165, 1.54) is 16.5 Å². The van der Waals surface area contributed by atoms with Crippen LogP contribution in [-0.2, 0) is 22.7 Å². The molecule has 1 aliphatic heterocycles. The normalized spacial score (nSPS) is 15.5. The summed E-state index contributed by atoms with van der Waals surface area (Å²) in [5.41, 5.74) is 3.40. The van der Waals surface area contributed by atoms with Gasteiger partial charge in [0.25, 0.3) is 0 Å². The first kappa shape index (κ1) is 26.0. The first-order valence-electron chi connectivity index (χ1n) is 13.3. The Morgan fingerprint density at radius 1 is 0.816 bits per heavy atom. The summed E-state index contributed by atoms with van der Waals surface area (Å²) >= 11 is 0. The van der Waals surface area contributed by atoms with E-state index in [1.807, 2.05) is 24.3 Å². The summed E-state index contributed by atoms with van der Waals surface area (Å²) in [5.74, 6) is 1.76. The third-order valence-corrected chi connectivity index (χ3v) is 6.87.